The lowest BCUT2D eigenvalue weighted by atomic mass is 9.64. The lowest BCUT2D eigenvalue weighted by Gasteiger charge is -2.44. The normalized spacial score (nSPS) is 36.3. The van der Waals surface area contributed by atoms with Crippen molar-refractivity contribution in [2.24, 2.45) is 27.5 Å². The van der Waals surface area contributed by atoms with Crippen LogP contribution in [0.3, 0.4) is 0 Å². The van der Waals surface area contributed by atoms with E-state index >= 15 is 0 Å². The van der Waals surface area contributed by atoms with Crippen molar-refractivity contribution < 1.29 is 13.8 Å². The lowest BCUT2D eigenvalue weighted by molar-refractivity contribution is -0.142. The highest BCUT2D eigenvalue weighted by atomic mass is 32.2. The van der Waals surface area contributed by atoms with E-state index in [2.05, 4.69) is 18.2 Å². The van der Waals surface area contributed by atoms with Gasteiger partial charge in [-0.05, 0) is 77.0 Å². The van der Waals surface area contributed by atoms with Gasteiger partial charge in [-0.25, -0.2) is 4.21 Å². The second-order valence-electron chi connectivity index (χ2n) is 11.2. The van der Waals surface area contributed by atoms with E-state index in [9.17, 15) is 13.8 Å². The molecule has 0 radical (unpaired) electrons. The Labute approximate surface area is 188 Å². The number of carbonyl (C=O) groups excluding carboxylic acids is 2. The van der Waals surface area contributed by atoms with Crippen LogP contribution in [0, 0.1) is 23.2 Å². The smallest absolute Gasteiger partial charge is 0.260 e. The molecule has 3 unspecified atom stereocenters. The van der Waals surface area contributed by atoms with Crippen LogP contribution in [0.15, 0.2) is 15.5 Å². The van der Waals surface area contributed by atoms with Crippen LogP contribution in [0.25, 0.3) is 0 Å². The number of allylic oxidation sites excluding steroid dienone is 2. The zero-order chi connectivity index (χ0) is 22.4. The number of fused-ring (bicyclic) bond motifs is 3. The molecule has 31 heavy (non-hydrogen) atoms. The molecule has 5 rings (SSSR count). The minimum absolute atomic E-state index is 0.103. The molecule has 2 bridgehead atoms. The zero-order valence-corrected chi connectivity index (χ0v) is 20.6. The first kappa shape index (κ1) is 23.0. The molecule has 1 heterocycles. The Morgan fingerprint density at radius 3 is 2.23 bits per heavy atom. The number of carbonyl (C=O) groups is 2. The van der Waals surface area contributed by atoms with Gasteiger partial charge in [0.15, 0.2) is 0 Å². The molecule has 1 saturated heterocycles. The van der Waals surface area contributed by atoms with E-state index in [1.807, 2.05) is 11.8 Å². The van der Waals surface area contributed by atoms with Gasteiger partial charge in [-0.15, -0.1) is 0 Å². The Morgan fingerprint density at radius 1 is 1.03 bits per heavy atom. The first-order valence-corrected chi connectivity index (χ1v) is 14.3. The first-order valence-electron chi connectivity index (χ1n) is 12.3. The highest BCUT2D eigenvalue weighted by molar-refractivity contribution is 7.93. The fourth-order valence-corrected chi connectivity index (χ4v) is 8.25. The van der Waals surface area contributed by atoms with Crippen molar-refractivity contribution in [1.29, 1.82) is 0 Å². The molecule has 5 aliphatic rings. The molecule has 1 aliphatic heterocycles. The number of likely N-dealkylation sites (tertiary alicyclic amines) is 1. The van der Waals surface area contributed by atoms with E-state index in [1.165, 1.54) is 36.8 Å². The number of rotatable bonds is 3. The van der Waals surface area contributed by atoms with Gasteiger partial charge >= 0.3 is 0 Å². The van der Waals surface area contributed by atoms with Crippen LogP contribution in [0.2, 0.25) is 0 Å². The Bertz CT molecular complexity index is 884. The molecule has 0 aromatic rings. The summed E-state index contributed by atoms with van der Waals surface area (Å²) in [6.45, 7) is 7.51. The summed E-state index contributed by atoms with van der Waals surface area (Å²) in [6.07, 6.45) is 11.6. The van der Waals surface area contributed by atoms with Crippen LogP contribution < -0.4 is 0 Å². The van der Waals surface area contributed by atoms with Gasteiger partial charge in [-0.3, -0.25) is 9.59 Å². The van der Waals surface area contributed by atoms with Gasteiger partial charge < -0.3 is 4.90 Å². The second-order valence-corrected chi connectivity index (χ2v) is 13.8. The van der Waals surface area contributed by atoms with Crippen molar-refractivity contribution in [3.63, 3.8) is 0 Å². The molecule has 5 nitrogen and oxygen atoms in total. The predicted octanol–water partition coefficient (Wildman–Crippen LogP) is 4.95. The molecule has 3 atom stereocenters. The summed E-state index contributed by atoms with van der Waals surface area (Å²) in [5.41, 5.74) is 2.10. The summed E-state index contributed by atoms with van der Waals surface area (Å²) in [4.78, 5) is 28.2. The fourth-order valence-electron chi connectivity index (χ4n) is 6.46. The van der Waals surface area contributed by atoms with Gasteiger partial charge in [-0.2, -0.15) is 4.36 Å². The molecule has 0 aromatic heterocycles. The van der Waals surface area contributed by atoms with E-state index in [0.29, 0.717) is 44.2 Å². The predicted molar refractivity (Wildman–Crippen MR) is 125 cm³/mol. The maximum Gasteiger partial charge on any atom is 0.260 e. The summed E-state index contributed by atoms with van der Waals surface area (Å²) in [5.74, 6) is 1.68. The van der Waals surface area contributed by atoms with Crippen molar-refractivity contribution >= 4 is 21.5 Å². The van der Waals surface area contributed by atoms with Crippen LogP contribution in [0.5, 0.6) is 0 Å². The Hall–Kier alpha value is -1.17. The number of hydrogen-bond donors (Lipinski definition) is 0. The number of amides is 2. The van der Waals surface area contributed by atoms with Gasteiger partial charge in [0.25, 0.3) is 5.91 Å². The highest BCUT2D eigenvalue weighted by Gasteiger charge is 2.42. The minimum Gasteiger partial charge on any atom is -0.342 e. The third-order valence-corrected chi connectivity index (χ3v) is 11.2. The van der Waals surface area contributed by atoms with Gasteiger partial charge in [0.05, 0.1) is 15.1 Å². The van der Waals surface area contributed by atoms with E-state index in [-0.39, 0.29) is 17.1 Å². The molecule has 174 valence electrons. The number of piperidine rings is 1. The largest absolute Gasteiger partial charge is 0.342 e. The molecular formula is C25H40N2O3S. The monoisotopic (exact) mass is 448 g/mol. The molecule has 0 aromatic carbocycles. The standard InChI is InChI=1S/C25H40N2O3S/c1-17-9-12-25(3,16-18(17)2)24(29)26-31(4,30)21-10-13-27(14-11-21)23(28)22-15-19-5-7-20(22)8-6-19/h19-22H,5-16H2,1-4H3. The van der Waals surface area contributed by atoms with Crippen molar-refractivity contribution in [3.8, 4) is 0 Å². The number of nitrogens with zero attached hydrogens (tertiary/aromatic N) is 2. The lowest BCUT2D eigenvalue weighted by Crippen LogP contribution is -2.48. The molecular weight excluding hydrogens is 408 g/mol. The quantitative estimate of drug-likeness (QED) is 0.574. The molecule has 0 spiro atoms. The van der Waals surface area contributed by atoms with E-state index in [1.54, 1.807) is 6.26 Å². The van der Waals surface area contributed by atoms with Gasteiger partial charge in [-0.1, -0.05) is 30.9 Å². The zero-order valence-electron chi connectivity index (χ0n) is 19.8. The summed E-state index contributed by atoms with van der Waals surface area (Å²) in [6, 6.07) is 0. The molecule has 6 heteroatoms. The van der Waals surface area contributed by atoms with E-state index in [0.717, 1.165) is 25.2 Å². The molecule has 2 amide bonds. The van der Waals surface area contributed by atoms with E-state index < -0.39 is 15.1 Å². The third-order valence-electron chi connectivity index (χ3n) is 8.95. The Balaban J connectivity index is 1.38. The molecule has 3 saturated carbocycles. The van der Waals surface area contributed by atoms with Crippen molar-refractivity contribution in [3.05, 3.63) is 11.1 Å². The van der Waals surface area contributed by atoms with Crippen LogP contribution in [0.4, 0.5) is 0 Å². The van der Waals surface area contributed by atoms with Gasteiger partial charge in [0, 0.05) is 30.5 Å². The first-order chi connectivity index (χ1) is 14.6. The average molecular weight is 449 g/mol. The van der Waals surface area contributed by atoms with Crippen LogP contribution in [-0.4, -0.2) is 45.5 Å². The highest BCUT2D eigenvalue weighted by Crippen LogP contribution is 2.46. The van der Waals surface area contributed by atoms with E-state index in [4.69, 9.17) is 0 Å². The fraction of sp³-hybridized carbons (Fsp3) is 0.840. The maximum absolute atomic E-state index is 13.5. The van der Waals surface area contributed by atoms with Crippen molar-refractivity contribution in [2.45, 2.75) is 90.2 Å². The topological polar surface area (TPSA) is 66.8 Å². The molecule has 4 aliphatic carbocycles. The summed E-state index contributed by atoms with van der Waals surface area (Å²) in [5, 5.41) is -0.103. The summed E-state index contributed by atoms with van der Waals surface area (Å²) < 4.78 is 17.8. The Kier molecular flexibility index (Phi) is 6.41. The van der Waals surface area contributed by atoms with Gasteiger partial charge in [0.1, 0.15) is 0 Å². The van der Waals surface area contributed by atoms with Crippen molar-refractivity contribution in [2.75, 3.05) is 19.3 Å². The van der Waals surface area contributed by atoms with Gasteiger partial charge in [0.2, 0.25) is 5.91 Å². The molecule has 4 fully saturated rings. The Morgan fingerprint density at radius 2 is 1.68 bits per heavy atom. The van der Waals surface area contributed by atoms with Crippen LogP contribution in [0.1, 0.15) is 85.0 Å². The SMILES string of the molecule is CC1=C(C)CC(C)(C(=O)N=S(C)(=O)C2CCN(C(=O)C3CC4CCC3CC4)CC2)CC1. The summed E-state index contributed by atoms with van der Waals surface area (Å²) >= 11 is 0. The molecule has 0 N–H and O–H groups in total. The number of hydrogen-bond acceptors (Lipinski definition) is 3. The maximum atomic E-state index is 13.5. The van der Waals surface area contributed by atoms with Crippen LogP contribution in [-0.2, 0) is 19.3 Å². The van der Waals surface area contributed by atoms with Crippen molar-refractivity contribution in [1.82, 2.24) is 4.90 Å². The average Bonchev–Trinajstić information content (AvgIpc) is 2.76. The summed E-state index contributed by atoms with van der Waals surface area (Å²) in [7, 11) is -2.61. The van der Waals surface area contributed by atoms with Crippen LogP contribution >= 0.6 is 0 Å². The minimum atomic E-state index is -2.61. The second kappa shape index (κ2) is 8.64. The third kappa shape index (κ3) is 4.65.